The van der Waals surface area contributed by atoms with E-state index in [0.717, 1.165) is 19.4 Å². The molecule has 72 valence electrons. The van der Waals surface area contributed by atoms with Crippen LogP contribution in [0.1, 0.15) is 40.0 Å². The molecule has 12 heavy (non-hydrogen) atoms. The number of rotatable bonds is 4. The number of hydrogen-bond donors (Lipinski definition) is 2. The van der Waals surface area contributed by atoms with Crippen LogP contribution in [0.5, 0.6) is 0 Å². The highest BCUT2D eigenvalue weighted by molar-refractivity contribution is 4.90. The van der Waals surface area contributed by atoms with Crippen LogP contribution < -0.4 is 5.32 Å². The first-order valence-electron chi connectivity index (χ1n) is 4.99. The van der Waals surface area contributed by atoms with Gasteiger partial charge in [-0.15, -0.1) is 0 Å². The summed E-state index contributed by atoms with van der Waals surface area (Å²) < 4.78 is 0. The summed E-state index contributed by atoms with van der Waals surface area (Å²) in [5.41, 5.74) is -0.372. The lowest BCUT2D eigenvalue weighted by atomic mass is 9.80. The van der Waals surface area contributed by atoms with E-state index in [0.29, 0.717) is 12.0 Å². The average molecular weight is 171 g/mol. The van der Waals surface area contributed by atoms with Crippen molar-refractivity contribution in [2.75, 3.05) is 6.54 Å². The summed E-state index contributed by atoms with van der Waals surface area (Å²) in [4.78, 5) is 0. The van der Waals surface area contributed by atoms with E-state index in [2.05, 4.69) is 26.1 Å². The van der Waals surface area contributed by atoms with Crippen molar-refractivity contribution in [3.8, 4) is 0 Å². The Balaban J connectivity index is 2.16. The maximum absolute atomic E-state index is 9.78. The Labute approximate surface area is 75.4 Å². The van der Waals surface area contributed by atoms with E-state index in [1.54, 1.807) is 0 Å². The van der Waals surface area contributed by atoms with Crippen molar-refractivity contribution < 1.29 is 5.11 Å². The normalized spacial score (nSPS) is 23.8. The fourth-order valence-corrected chi connectivity index (χ4v) is 1.35. The summed E-state index contributed by atoms with van der Waals surface area (Å²) in [6.45, 7) is 7.34. The van der Waals surface area contributed by atoms with Gasteiger partial charge in [0.25, 0.3) is 0 Å². The fourth-order valence-electron chi connectivity index (χ4n) is 1.35. The molecule has 0 aliphatic heterocycles. The minimum atomic E-state index is -0.372. The van der Waals surface area contributed by atoms with Crippen LogP contribution in [0.4, 0.5) is 0 Å². The van der Waals surface area contributed by atoms with Crippen LogP contribution >= 0.6 is 0 Å². The predicted molar refractivity (Wildman–Crippen MR) is 51.1 cm³/mol. The lowest BCUT2D eigenvalue weighted by molar-refractivity contribution is -0.0337. The summed E-state index contributed by atoms with van der Waals surface area (Å²) >= 11 is 0. The molecular formula is C10H21NO. The summed E-state index contributed by atoms with van der Waals surface area (Å²) in [7, 11) is 0. The molecule has 2 nitrogen and oxygen atoms in total. The molecule has 0 radical (unpaired) electrons. The van der Waals surface area contributed by atoms with Crippen LogP contribution in [0.2, 0.25) is 0 Å². The first kappa shape index (κ1) is 10.0. The van der Waals surface area contributed by atoms with E-state index in [1.165, 1.54) is 6.42 Å². The van der Waals surface area contributed by atoms with Gasteiger partial charge in [0.15, 0.2) is 0 Å². The van der Waals surface area contributed by atoms with Gasteiger partial charge in [-0.2, -0.15) is 0 Å². The molecule has 0 spiro atoms. The molecular weight excluding hydrogens is 150 g/mol. The number of hydrogen-bond acceptors (Lipinski definition) is 2. The Morgan fingerprint density at radius 3 is 2.25 bits per heavy atom. The van der Waals surface area contributed by atoms with Gasteiger partial charge in [-0.05, 0) is 32.1 Å². The highest BCUT2D eigenvalue weighted by Crippen LogP contribution is 2.30. The monoisotopic (exact) mass is 171 g/mol. The van der Waals surface area contributed by atoms with Gasteiger partial charge in [-0.3, -0.25) is 0 Å². The molecule has 1 unspecified atom stereocenters. The van der Waals surface area contributed by atoms with Gasteiger partial charge < -0.3 is 10.4 Å². The van der Waals surface area contributed by atoms with Gasteiger partial charge in [0.1, 0.15) is 0 Å². The molecule has 0 bridgehead atoms. The zero-order valence-corrected chi connectivity index (χ0v) is 8.43. The van der Waals surface area contributed by atoms with Crippen molar-refractivity contribution in [3.63, 3.8) is 0 Å². The van der Waals surface area contributed by atoms with Crippen LogP contribution in [0.15, 0.2) is 0 Å². The lowest BCUT2D eigenvalue weighted by Gasteiger charge is -2.38. The maximum atomic E-state index is 9.78. The summed E-state index contributed by atoms with van der Waals surface area (Å²) in [5.74, 6) is 0.647. The van der Waals surface area contributed by atoms with E-state index in [-0.39, 0.29) is 5.60 Å². The van der Waals surface area contributed by atoms with Crippen LogP contribution in [0.25, 0.3) is 0 Å². The summed E-state index contributed by atoms with van der Waals surface area (Å²) in [6.07, 6.45) is 3.14. The highest BCUT2D eigenvalue weighted by atomic mass is 16.3. The molecule has 1 saturated carbocycles. The van der Waals surface area contributed by atoms with Crippen LogP contribution in [0.3, 0.4) is 0 Å². The molecule has 0 aromatic carbocycles. The number of nitrogens with one attached hydrogen (secondary N) is 1. The van der Waals surface area contributed by atoms with Gasteiger partial charge in [0.05, 0.1) is 5.60 Å². The van der Waals surface area contributed by atoms with E-state index in [9.17, 15) is 5.11 Å². The molecule has 1 rings (SSSR count). The fraction of sp³-hybridized carbons (Fsp3) is 1.00. The minimum absolute atomic E-state index is 0.372. The van der Waals surface area contributed by atoms with Gasteiger partial charge in [-0.25, -0.2) is 0 Å². The van der Waals surface area contributed by atoms with Crippen LogP contribution in [-0.2, 0) is 0 Å². The highest BCUT2D eigenvalue weighted by Gasteiger charge is 2.34. The summed E-state index contributed by atoms with van der Waals surface area (Å²) in [5, 5.41) is 13.2. The van der Waals surface area contributed by atoms with Gasteiger partial charge in [-0.1, -0.05) is 13.8 Å². The first-order valence-corrected chi connectivity index (χ1v) is 4.99. The SMILES string of the molecule is CC(C)C(C)NCC1(O)CCC1. The molecule has 1 aliphatic carbocycles. The second kappa shape index (κ2) is 3.75. The maximum Gasteiger partial charge on any atom is 0.0771 e. The Morgan fingerprint density at radius 1 is 1.33 bits per heavy atom. The average Bonchev–Trinajstić information content (AvgIpc) is 1.96. The molecule has 1 aliphatic rings. The first-order chi connectivity index (χ1) is 5.53. The second-order valence-corrected chi connectivity index (χ2v) is 4.49. The third-order valence-electron chi connectivity index (χ3n) is 3.04. The topological polar surface area (TPSA) is 32.3 Å². The molecule has 0 amide bonds. The summed E-state index contributed by atoms with van der Waals surface area (Å²) in [6, 6.07) is 0.509. The lowest BCUT2D eigenvalue weighted by Crippen LogP contribution is -2.49. The Morgan fingerprint density at radius 2 is 1.92 bits per heavy atom. The van der Waals surface area contributed by atoms with Crippen molar-refractivity contribution in [1.29, 1.82) is 0 Å². The Kier molecular flexibility index (Phi) is 3.13. The van der Waals surface area contributed by atoms with Crippen molar-refractivity contribution in [1.82, 2.24) is 5.32 Å². The standard InChI is InChI=1S/C10H21NO/c1-8(2)9(3)11-7-10(12)5-4-6-10/h8-9,11-12H,4-7H2,1-3H3. The smallest absolute Gasteiger partial charge is 0.0771 e. The van der Waals surface area contributed by atoms with Crippen LogP contribution in [0, 0.1) is 5.92 Å². The molecule has 2 heteroatoms. The third-order valence-corrected chi connectivity index (χ3v) is 3.04. The van der Waals surface area contributed by atoms with Gasteiger partial charge in [0, 0.05) is 12.6 Å². The molecule has 1 fully saturated rings. The molecule has 0 saturated heterocycles. The second-order valence-electron chi connectivity index (χ2n) is 4.49. The molecule has 0 aromatic rings. The molecule has 0 aromatic heterocycles. The van der Waals surface area contributed by atoms with Crippen molar-refractivity contribution in [3.05, 3.63) is 0 Å². The Hall–Kier alpha value is -0.0800. The van der Waals surface area contributed by atoms with Gasteiger partial charge >= 0.3 is 0 Å². The quantitative estimate of drug-likeness (QED) is 0.672. The van der Waals surface area contributed by atoms with Crippen molar-refractivity contribution >= 4 is 0 Å². The Bertz CT molecular complexity index is 141. The third kappa shape index (κ3) is 2.46. The zero-order valence-electron chi connectivity index (χ0n) is 8.43. The van der Waals surface area contributed by atoms with E-state index >= 15 is 0 Å². The van der Waals surface area contributed by atoms with Crippen molar-refractivity contribution in [2.45, 2.75) is 51.7 Å². The van der Waals surface area contributed by atoms with Crippen molar-refractivity contribution in [2.24, 2.45) is 5.92 Å². The predicted octanol–water partition coefficient (Wildman–Crippen LogP) is 1.54. The molecule has 2 N–H and O–H groups in total. The van der Waals surface area contributed by atoms with Crippen LogP contribution in [-0.4, -0.2) is 23.3 Å². The van der Waals surface area contributed by atoms with E-state index < -0.39 is 0 Å². The van der Waals surface area contributed by atoms with E-state index in [1.807, 2.05) is 0 Å². The number of aliphatic hydroxyl groups is 1. The largest absolute Gasteiger partial charge is 0.389 e. The molecule has 0 heterocycles. The van der Waals surface area contributed by atoms with E-state index in [4.69, 9.17) is 0 Å². The minimum Gasteiger partial charge on any atom is -0.389 e. The zero-order chi connectivity index (χ0) is 9.19. The van der Waals surface area contributed by atoms with Gasteiger partial charge in [0.2, 0.25) is 0 Å². The molecule has 1 atom stereocenters.